The number of halogens is 1. The minimum absolute atomic E-state index is 0.0707. The molecule has 2 aromatic carbocycles. The first-order chi connectivity index (χ1) is 14.4. The summed E-state index contributed by atoms with van der Waals surface area (Å²) in [5, 5.41) is 6.26. The highest BCUT2D eigenvalue weighted by Gasteiger charge is 2.33. The fourth-order valence-corrected chi connectivity index (χ4v) is 3.47. The van der Waals surface area contributed by atoms with E-state index in [0.717, 1.165) is 24.0 Å². The molecule has 1 saturated carbocycles. The zero-order valence-corrected chi connectivity index (χ0v) is 17.5. The minimum Gasteiger partial charge on any atom is -0.456 e. The van der Waals surface area contributed by atoms with Gasteiger partial charge >= 0.3 is 5.97 Å². The van der Waals surface area contributed by atoms with E-state index in [0.29, 0.717) is 10.9 Å². The summed E-state index contributed by atoms with van der Waals surface area (Å²) in [4.78, 5) is 36.2. The third kappa shape index (κ3) is 6.59. The Bertz CT molecular complexity index is 882. The standard InChI is InChI=1S/C23H25ClN2O4/c1-15(27)25-20(16-9-11-19(24)12-10-16)13-22(29)30-14-21(28)26-23(18-7-8-18)17-5-3-2-4-6-17/h2-6,9-12,18,20,23H,7-8,13-14H2,1H3,(H,25,27)(H,26,28). The van der Waals surface area contributed by atoms with Crippen LogP contribution in [0.2, 0.25) is 5.02 Å². The number of hydrogen-bond acceptors (Lipinski definition) is 4. The lowest BCUT2D eigenvalue weighted by Gasteiger charge is -2.20. The molecule has 6 nitrogen and oxygen atoms in total. The topological polar surface area (TPSA) is 84.5 Å². The van der Waals surface area contributed by atoms with E-state index in [4.69, 9.17) is 16.3 Å². The fourth-order valence-electron chi connectivity index (χ4n) is 3.34. The maximum atomic E-state index is 12.4. The lowest BCUT2D eigenvalue weighted by Crippen LogP contribution is -2.34. The molecule has 2 atom stereocenters. The third-order valence-electron chi connectivity index (χ3n) is 4.95. The molecule has 0 aliphatic heterocycles. The van der Waals surface area contributed by atoms with Crippen molar-refractivity contribution >= 4 is 29.4 Å². The number of carbonyl (C=O) groups excluding carboxylic acids is 3. The highest BCUT2D eigenvalue weighted by molar-refractivity contribution is 6.30. The van der Waals surface area contributed by atoms with E-state index in [1.807, 2.05) is 30.3 Å². The summed E-state index contributed by atoms with van der Waals surface area (Å²) < 4.78 is 5.17. The molecule has 3 rings (SSSR count). The van der Waals surface area contributed by atoms with Gasteiger partial charge in [0.25, 0.3) is 5.91 Å². The number of carbonyl (C=O) groups is 3. The van der Waals surface area contributed by atoms with E-state index in [1.165, 1.54) is 6.92 Å². The van der Waals surface area contributed by atoms with Crippen LogP contribution in [0, 0.1) is 5.92 Å². The van der Waals surface area contributed by atoms with Gasteiger partial charge in [-0.15, -0.1) is 0 Å². The van der Waals surface area contributed by atoms with Crippen molar-refractivity contribution in [3.05, 3.63) is 70.7 Å². The molecule has 2 unspecified atom stereocenters. The van der Waals surface area contributed by atoms with E-state index in [-0.39, 0.29) is 30.9 Å². The molecule has 0 heterocycles. The Labute approximate surface area is 180 Å². The van der Waals surface area contributed by atoms with Crippen molar-refractivity contribution in [1.82, 2.24) is 10.6 Å². The van der Waals surface area contributed by atoms with E-state index < -0.39 is 12.0 Å². The molecule has 0 radical (unpaired) electrons. The Hall–Kier alpha value is -2.86. The van der Waals surface area contributed by atoms with Crippen LogP contribution in [0.5, 0.6) is 0 Å². The largest absolute Gasteiger partial charge is 0.456 e. The van der Waals surface area contributed by atoms with Crippen LogP contribution < -0.4 is 10.6 Å². The fraction of sp³-hybridized carbons (Fsp3) is 0.348. The molecule has 30 heavy (non-hydrogen) atoms. The zero-order valence-electron chi connectivity index (χ0n) is 16.8. The van der Waals surface area contributed by atoms with Gasteiger partial charge in [-0.25, -0.2) is 0 Å². The predicted octanol–water partition coefficient (Wildman–Crippen LogP) is 3.72. The van der Waals surface area contributed by atoms with E-state index in [9.17, 15) is 14.4 Å². The number of esters is 1. The quantitative estimate of drug-likeness (QED) is 0.596. The van der Waals surface area contributed by atoms with Crippen LogP contribution in [-0.2, 0) is 19.1 Å². The van der Waals surface area contributed by atoms with Crippen LogP contribution in [0.15, 0.2) is 54.6 Å². The second-order valence-corrected chi connectivity index (χ2v) is 7.90. The second-order valence-electron chi connectivity index (χ2n) is 7.46. The Kier molecular flexibility index (Phi) is 7.46. The second kappa shape index (κ2) is 10.3. The first-order valence-electron chi connectivity index (χ1n) is 9.95. The van der Waals surface area contributed by atoms with Gasteiger partial charge in [0.15, 0.2) is 6.61 Å². The third-order valence-corrected chi connectivity index (χ3v) is 5.21. The Morgan fingerprint density at radius 3 is 2.27 bits per heavy atom. The lowest BCUT2D eigenvalue weighted by molar-refractivity contribution is -0.149. The summed E-state index contributed by atoms with van der Waals surface area (Å²) in [6.07, 6.45) is 2.05. The van der Waals surface area contributed by atoms with Crippen molar-refractivity contribution in [2.45, 2.75) is 38.3 Å². The number of hydrogen-bond donors (Lipinski definition) is 2. The zero-order chi connectivity index (χ0) is 21.5. The number of nitrogens with one attached hydrogen (secondary N) is 2. The SMILES string of the molecule is CC(=O)NC(CC(=O)OCC(=O)NC(c1ccccc1)C1CC1)c1ccc(Cl)cc1. The smallest absolute Gasteiger partial charge is 0.308 e. The highest BCUT2D eigenvalue weighted by Crippen LogP contribution is 2.40. The Balaban J connectivity index is 1.53. The van der Waals surface area contributed by atoms with Gasteiger partial charge in [-0.3, -0.25) is 14.4 Å². The molecule has 1 fully saturated rings. The van der Waals surface area contributed by atoms with Crippen LogP contribution in [-0.4, -0.2) is 24.4 Å². The summed E-state index contributed by atoms with van der Waals surface area (Å²) in [6.45, 7) is 1.02. The number of amides is 2. The maximum Gasteiger partial charge on any atom is 0.308 e. The molecule has 0 saturated heterocycles. The van der Waals surface area contributed by atoms with Gasteiger partial charge < -0.3 is 15.4 Å². The van der Waals surface area contributed by atoms with Crippen molar-refractivity contribution in [2.75, 3.05) is 6.61 Å². The molecule has 2 aromatic rings. The monoisotopic (exact) mass is 428 g/mol. The van der Waals surface area contributed by atoms with Gasteiger partial charge in [0, 0.05) is 11.9 Å². The van der Waals surface area contributed by atoms with Crippen LogP contribution in [0.1, 0.15) is 49.4 Å². The summed E-state index contributed by atoms with van der Waals surface area (Å²) in [5.41, 5.74) is 1.78. The van der Waals surface area contributed by atoms with Crippen molar-refractivity contribution in [1.29, 1.82) is 0 Å². The van der Waals surface area contributed by atoms with Gasteiger partial charge in [-0.05, 0) is 42.0 Å². The van der Waals surface area contributed by atoms with Gasteiger partial charge in [-0.1, -0.05) is 54.1 Å². The first-order valence-corrected chi connectivity index (χ1v) is 10.3. The molecular formula is C23H25ClN2O4. The van der Waals surface area contributed by atoms with Gasteiger partial charge in [-0.2, -0.15) is 0 Å². The van der Waals surface area contributed by atoms with Crippen molar-refractivity contribution in [3.63, 3.8) is 0 Å². The molecule has 2 amide bonds. The first kappa shape index (κ1) is 21.8. The minimum atomic E-state index is -0.568. The van der Waals surface area contributed by atoms with Crippen LogP contribution in [0.3, 0.4) is 0 Å². The summed E-state index contributed by atoms with van der Waals surface area (Å²) >= 11 is 5.90. The molecule has 1 aliphatic rings. The van der Waals surface area contributed by atoms with E-state index >= 15 is 0 Å². The number of rotatable bonds is 9. The summed E-state index contributed by atoms with van der Waals surface area (Å²) in [5.74, 6) is -0.759. The molecular weight excluding hydrogens is 404 g/mol. The number of ether oxygens (including phenoxy) is 1. The maximum absolute atomic E-state index is 12.4. The average Bonchev–Trinajstić information content (AvgIpc) is 3.56. The molecule has 1 aliphatic carbocycles. The van der Waals surface area contributed by atoms with Crippen LogP contribution in [0.4, 0.5) is 0 Å². The molecule has 2 N–H and O–H groups in total. The van der Waals surface area contributed by atoms with Gasteiger partial charge in [0.1, 0.15) is 0 Å². The van der Waals surface area contributed by atoms with Crippen molar-refractivity contribution in [3.8, 4) is 0 Å². The summed E-state index contributed by atoms with van der Waals surface area (Å²) in [6, 6.07) is 16.0. The molecule has 0 bridgehead atoms. The van der Waals surface area contributed by atoms with Crippen LogP contribution >= 0.6 is 11.6 Å². The highest BCUT2D eigenvalue weighted by atomic mass is 35.5. The summed E-state index contributed by atoms with van der Waals surface area (Å²) in [7, 11) is 0. The molecule has 0 spiro atoms. The molecule has 7 heteroatoms. The van der Waals surface area contributed by atoms with E-state index in [1.54, 1.807) is 24.3 Å². The Morgan fingerprint density at radius 2 is 1.67 bits per heavy atom. The molecule has 0 aromatic heterocycles. The van der Waals surface area contributed by atoms with Gasteiger partial charge in [0.05, 0.1) is 18.5 Å². The lowest BCUT2D eigenvalue weighted by atomic mass is 10.0. The van der Waals surface area contributed by atoms with E-state index in [2.05, 4.69) is 10.6 Å². The van der Waals surface area contributed by atoms with Crippen molar-refractivity contribution < 1.29 is 19.1 Å². The Morgan fingerprint density at radius 1 is 1.00 bits per heavy atom. The normalized spacial score (nSPS) is 15.0. The average molecular weight is 429 g/mol. The van der Waals surface area contributed by atoms with Gasteiger partial charge in [0.2, 0.25) is 5.91 Å². The number of benzene rings is 2. The van der Waals surface area contributed by atoms with Crippen LogP contribution in [0.25, 0.3) is 0 Å². The van der Waals surface area contributed by atoms with Crippen molar-refractivity contribution in [2.24, 2.45) is 5.92 Å². The molecule has 158 valence electrons. The predicted molar refractivity (Wildman–Crippen MR) is 114 cm³/mol.